The van der Waals surface area contributed by atoms with Gasteiger partial charge < -0.3 is 16.0 Å². The van der Waals surface area contributed by atoms with Crippen LogP contribution in [0.1, 0.15) is 19.4 Å². The van der Waals surface area contributed by atoms with Gasteiger partial charge >= 0.3 is 6.03 Å². The highest BCUT2D eigenvalue weighted by molar-refractivity contribution is 5.93. The van der Waals surface area contributed by atoms with E-state index in [1.807, 2.05) is 32.0 Å². The highest BCUT2D eigenvalue weighted by atomic mass is 19.1. The zero-order valence-corrected chi connectivity index (χ0v) is 14.3. The van der Waals surface area contributed by atoms with Gasteiger partial charge in [0.05, 0.1) is 0 Å². The average molecular weight is 343 g/mol. The molecule has 132 valence electrons. The number of amides is 3. The van der Waals surface area contributed by atoms with Crippen LogP contribution in [0.3, 0.4) is 0 Å². The zero-order valence-electron chi connectivity index (χ0n) is 14.3. The van der Waals surface area contributed by atoms with E-state index in [4.69, 9.17) is 0 Å². The van der Waals surface area contributed by atoms with Crippen LogP contribution < -0.4 is 16.0 Å². The number of para-hydroxylation sites is 1. The molecule has 5 nitrogen and oxygen atoms in total. The summed E-state index contributed by atoms with van der Waals surface area (Å²) in [6.45, 7) is 3.97. The molecular weight excluding hydrogens is 321 g/mol. The minimum Gasteiger partial charge on any atom is -0.350 e. The lowest BCUT2D eigenvalue weighted by Gasteiger charge is -2.22. The van der Waals surface area contributed by atoms with Gasteiger partial charge in [-0.2, -0.15) is 0 Å². The average Bonchev–Trinajstić information content (AvgIpc) is 2.59. The molecule has 2 aromatic rings. The molecule has 0 saturated carbocycles. The second-order valence-electron chi connectivity index (χ2n) is 6.03. The van der Waals surface area contributed by atoms with Gasteiger partial charge in [-0.15, -0.1) is 0 Å². The van der Waals surface area contributed by atoms with Crippen molar-refractivity contribution in [2.45, 2.75) is 26.4 Å². The van der Waals surface area contributed by atoms with Crippen LogP contribution >= 0.6 is 0 Å². The molecule has 0 bridgehead atoms. The van der Waals surface area contributed by atoms with Crippen LogP contribution in [0.2, 0.25) is 0 Å². The first-order valence-electron chi connectivity index (χ1n) is 8.10. The molecular formula is C19H22FN3O2. The minimum absolute atomic E-state index is 0.0882. The molecule has 2 rings (SSSR count). The Balaban J connectivity index is 1.91. The van der Waals surface area contributed by atoms with Gasteiger partial charge in [0.1, 0.15) is 11.9 Å². The lowest BCUT2D eigenvalue weighted by atomic mass is 10.0. The molecule has 0 radical (unpaired) electrons. The van der Waals surface area contributed by atoms with Crippen molar-refractivity contribution < 1.29 is 14.0 Å². The fourth-order valence-electron chi connectivity index (χ4n) is 2.27. The highest BCUT2D eigenvalue weighted by Crippen LogP contribution is 2.07. The van der Waals surface area contributed by atoms with Crippen LogP contribution in [-0.2, 0) is 11.3 Å². The van der Waals surface area contributed by atoms with Gasteiger partial charge in [-0.3, -0.25) is 4.79 Å². The monoisotopic (exact) mass is 343 g/mol. The quantitative estimate of drug-likeness (QED) is 0.753. The third-order valence-electron chi connectivity index (χ3n) is 3.65. The molecule has 0 fully saturated rings. The number of hydrogen-bond acceptors (Lipinski definition) is 2. The number of rotatable bonds is 6. The molecule has 25 heavy (non-hydrogen) atoms. The SMILES string of the molecule is CC(C)[C@H](NC(=O)Nc1ccccc1)C(=O)NCc1ccc(F)cc1. The van der Waals surface area contributed by atoms with Gasteiger partial charge in [0.25, 0.3) is 0 Å². The molecule has 3 N–H and O–H groups in total. The lowest BCUT2D eigenvalue weighted by Crippen LogP contribution is -2.50. The summed E-state index contributed by atoms with van der Waals surface area (Å²) in [5.41, 5.74) is 1.43. The first-order chi connectivity index (χ1) is 12.0. The Morgan fingerprint density at radius 1 is 1.00 bits per heavy atom. The molecule has 2 aromatic carbocycles. The van der Waals surface area contributed by atoms with E-state index < -0.39 is 12.1 Å². The molecule has 0 saturated heterocycles. The van der Waals surface area contributed by atoms with Crippen molar-refractivity contribution in [2.75, 3.05) is 5.32 Å². The van der Waals surface area contributed by atoms with E-state index in [2.05, 4.69) is 16.0 Å². The van der Waals surface area contributed by atoms with Crippen molar-refractivity contribution in [3.8, 4) is 0 Å². The molecule has 0 heterocycles. The molecule has 1 atom stereocenters. The minimum atomic E-state index is -0.677. The van der Waals surface area contributed by atoms with E-state index in [9.17, 15) is 14.0 Å². The molecule has 0 aromatic heterocycles. The number of urea groups is 1. The summed E-state index contributed by atoms with van der Waals surface area (Å²) in [5.74, 6) is -0.702. The molecule has 0 aliphatic carbocycles. The number of halogens is 1. The van der Waals surface area contributed by atoms with Gasteiger partial charge in [0.15, 0.2) is 0 Å². The number of anilines is 1. The molecule has 0 aliphatic heterocycles. The van der Waals surface area contributed by atoms with Gasteiger partial charge in [0, 0.05) is 12.2 Å². The predicted molar refractivity (Wildman–Crippen MR) is 95.5 cm³/mol. The van der Waals surface area contributed by atoms with Crippen molar-refractivity contribution >= 4 is 17.6 Å². The maximum absolute atomic E-state index is 12.9. The highest BCUT2D eigenvalue weighted by Gasteiger charge is 2.23. The van der Waals surface area contributed by atoms with Crippen molar-refractivity contribution in [3.63, 3.8) is 0 Å². The van der Waals surface area contributed by atoms with Crippen molar-refractivity contribution in [2.24, 2.45) is 5.92 Å². The topological polar surface area (TPSA) is 70.2 Å². The number of hydrogen-bond donors (Lipinski definition) is 3. The summed E-state index contributed by atoms with van der Waals surface area (Å²) in [5, 5.41) is 8.14. The Morgan fingerprint density at radius 2 is 1.64 bits per heavy atom. The number of benzene rings is 2. The Bertz CT molecular complexity index is 702. The second-order valence-corrected chi connectivity index (χ2v) is 6.03. The zero-order chi connectivity index (χ0) is 18.2. The van der Waals surface area contributed by atoms with Crippen molar-refractivity contribution in [1.29, 1.82) is 0 Å². The maximum Gasteiger partial charge on any atom is 0.319 e. The normalized spacial score (nSPS) is 11.7. The predicted octanol–water partition coefficient (Wildman–Crippen LogP) is 3.29. The first-order valence-corrected chi connectivity index (χ1v) is 8.10. The smallest absolute Gasteiger partial charge is 0.319 e. The van der Waals surface area contributed by atoms with E-state index in [1.54, 1.807) is 24.3 Å². The van der Waals surface area contributed by atoms with Gasteiger partial charge in [-0.1, -0.05) is 44.2 Å². The summed E-state index contributed by atoms with van der Waals surface area (Å²) >= 11 is 0. The standard InChI is InChI=1S/C19H22FN3O2/c1-13(2)17(23-19(25)22-16-6-4-3-5-7-16)18(24)21-12-14-8-10-15(20)11-9-14/h3-11,13,17H,12H2,1-2H3,(H,21,24)(H2,22,23,25)/t17-/m0/s1. The maximum atomic E-state index is 12.9. The van der Waals surface area contributed by atoms with Crippen LogP contribution in [0.15, 0.2) is 54.6 Å². The summed E-state index contributed by atoms with van der Waals surface area (Å²) in [7, 11) is 0. The summed E-state index contributed by atoms with van der Waals surface area (Å²) in [6.07, 6.45) is 0. The Morgan fingerprint density at radius 3 is 2.24 bits per heavy atom. The molecule has 0 spiro atoms. The van der Waals surface area contributed by atoms with Crippen LogP contribution in [0.5, 0.6) is 0 Å². The number of nitrogens with one attached hydrogen (secondary N) is 3. The van der Waals surface area contributed by atoms with E-state index in [0.717, 1.165) is 5.56 Å². The second kappa shape index (κ2) is 8.82. The molecule has 0 unspecified atom stereocenters. The van der Waals surface area contributed by atoms with Crippen molar-refractivity contribution in [1.82, 2.24) is 10.6 Å². The number of carbonyl (C=O) groups is 2. The summed E-state index contributed by atoms with van der Waals surface area (Å²) in [4.78, 5) is 24.5. The fraction of sp³-hybridized carbons (Fsp3) is 0.263. The Kier molecular flexibility index (Phi) is 6.51. The largest absolute Gasteiger partial charge is 0.350 e. The summed E-state index contributed by atoms with van der Waals surface area (Å²) in [6, 6.07) is 13.8. The van der Waals surface area contributed by atoms with E-state index in [0.29, 0.717) is 5.69 Å². The lowest BCUT2D eigenvalue weighted by molar-refractivity contribution is -0.124. The van der Waals surface area contributed by atoms with Gasteiger partial charge in [0.2, 0.25) is 5.91 Å². The van der Waals surface area contributed by atoms with Crippen molar-refractivity contribution in [3.05, 3.63) is 66.0 Å². The van der Waals surface area contributed by atoms with Crippen LogP contribution in [0.4, 0.5) is 14.9 Å². The van der Waals surface area contributed by atoms with E-state index in [1.165, 1.54) is 12.1 Å². The fourth-order valence-corrected chi connectivity index (χ4v) is 2.27. The molecule has 0 aliphatic rings. The van der Waals surface area contributed by atoms with Crippen LogP contribution in [0, 0.1) is 11.7 Å². The van der Waals surface area contributed by atoms with Gasteiger partial charge in [-0.05, 0) is 35.7 Å². The third kappa shape index (κ3) is 5.91. The molecule has 3 amide bonds. The number of carbonyl (C=O) groups excluding carboxylic acids is 2. The Labute approximate surface area is 146 Å². The Hall–Kier alpha value is -2.89. The van der Waals surface area contributed by atoms with Gasteiger partial charge in [-0.25, -0.2) is 9.18 Å². The third-order valence-corrected chi connectivity index (χ3v) is 3.65. The molecule has 6 heteroatoms. The van der Waals surface area contributed by atoms with E-state index in [-0.39, 0.29) is 24.2 Å². The van der Waals surface area contributed by atoms with Crippen LogP contribution in [-0.4, -0.2) is 18.0 Å². The first kappa shape index (κ1) is 18.4. The van der Waals surface area contributed by atoms with Crippen LogP contribution in [0.25, 0.3) is 0 Å². The van der Waals surface area contributed by atoms with E-state index >= 15 is 0 Å². The summed E-state index contributed by atoms with van der Waals surface area (Å²) < 4.78 is 12.9.